The number of H-pyrrole nitrogens is 2. The van der Waals surface area contributed by atoms with Crippen molar-refractivity contribution < 1.29 is 42.1 Å². The number of aliphatic carboxylic acids is 1. The molecule has 16 heteroatoms. The van der Waals surface area contributed by atoms with Crippen molar-refractivity contribution >= 4 is 41.1 Å². The van der Waals surface area contributed by atoms with Crippen LogP contribution in [0, 0.1) is 11.7 Å². The summed E-state index contributed by atoms with van der Waals surface area (Å²) in [6.07, 6.45) is -3.93. The van der Waals surface area contributed by atoms with Crippen LogP contribution in [0.3, 0.4) is 0 Å². The van der Waals surface area contributed by atoms with E-state index in [9.17, 15) is 22.8 Å². The zero-order valence-electron chi connectivity index (χ0n) is 27.3. The number of likely N-dealkylation sites (tertiary alicyclic amines) is 1. The number of carbonyl (C=O) groups is 3. The molecule has 2 aromatic carbocycles. The van der Waals surface area contributed by atoms with Crippen LogP contribution in [0.5, 0.6) is 5.75 Å². The summed E-state index contributed by atoms with van der Waals surface area (Å²) in [5, 5.41) is 17.2. The van der Waals surface area contributed by atoms with Gasteiger partial charge in [0.25, 0.3) is 5.91 Å². The summed E-state index contributed by atoms with van der Waals surface area (Å²) in [7, 11) is 0. The highest BCUT2D eigenvalue weighted by Gasteiger charge is 2.40. The van der Waals surface area contributed by atoms with Gasteiger partial charge in [-0.2, -0.15) is 13.2 Å². The van der Waals surface area contributed by atoms with E-state index in [1.54, 1.807) is 29.2 Å². The maximum atomic E-state index is 13.5. The first-order valence-corrected chi connectivity index (χ1v) is 15.7. The Bertz CT molecular complexity index is 1840. The predicted molar refractivity (Wildman–Crippen MR) is 176 cm³/mol. The number of fused-ring (bicyclic) bond motifs is 1. The first kappa shape index (κ1) is 36.8. The van der Waals surface area contributed by atoms with E-state index < -0.39 is 23.3 Å². The minimum atomic E-state index is -5.08. The van der Waals surface area contributed by atoms with Crippen LogP contribution < -0.4 is 10.1 Å². The quantitative estimate of drug-likeness (QED) is 0.163. The average Bonchev–Trinajstić information content (AvgIpc) is 3.43. The van der Waals surface area contributed by atoms with E-state index in [2.05, 4.69) is 25.5 Å². The molecule has 12 nitrogen and oxygen atoms in total. The number of carboxylic acids is 1. The van der Waals surface area contributed by atoms with E-state index in [4.69, 9.17) is 31.6 Å². The van der Waals surface area contributed by atoms with Gasteiger partial charge >= 0.3 is 18.2 Å². The maximum Gasteiger partial charge on any atom is 0.490 e. The zero-order valence-corrected chi connectivity index (χ0v) is 28.1. The number of nitrogens with zero attached hydrogens (tertiary/aromatic N) is 3. The van der Waals surface area contributed by atoms with E-state index in [0.717, 1.165) is 22.2 Å². The van der Waals surface area contributed by atoms with Gasteiger partial charge in [0.05, 0.1) is 11.1 Å². The summed E-state index contributed by atoms with van der Waals surface area (Å²) in [6, 6.07) is 17.1. The van der Waals surface area contributed by atoms with Crippen molar-refractivity contribution in [2.24, 2.45) is 0 Å². The highest BCUT2D eigenvalue weighted by Crippen LogP contribution is 2.28. The summed E-state index contributed by atoms with van der Waals surface area (Å²) in [4.78, 5) is 45.6. The van der Waals surface area contributed by atoms with Crippen molar-refractivity contribution in [1.82, 2.24) is 30.4 Å². The Hall–Kier alpha value is -4.99. The third kappa shape index (κ3) is 10.5. The van der Waals surface area contributed by atoms with Crippen LogP contribution in [0.15, 0.2) is 54.6 Å². The van der Waals surface area contributed by atoms with E-state index >= 15 is 0 Å². The Balaban J connectivity index is 0.000000698. The number of amides is 2. The lowest BCUT2D eigenvalue weighted by atomic mass is 9.83. The molecule has 0 saturated carbocycles. The van der Waals surface area contributed by atoms with Crippen molar-refractivity contribution in [1.29, 1.82) is 0 Å². The first-order chi connectivity index (χ1) is 22.9. The normalized spacial score (nSPS) is 14.4. The van der Waals surface area contributed by atoms with Gasteiger partial charge < -0.3 is 24.8 Å². The minimum absolute atomic E-state index is 0.211. The largest absolute Gasteiger partial charge is 0.490 e. The average molecular weight is 703 g/mol. The number of carboxylic acid groups (broad SMARTS) is 1. The van der Waals surface area contributed by atoms with E-state index in [-0.39, 0.29) is 12.0 Å². The number of para-hydroxylation sites is 1. The number of hydrogen-bond donors (Lipinski definition) is 4. The fraction of sp³-hybridized carbons (Fsp3) is 0.394. The van der Waals surface area contributed by atoms with Gasteiger partial charge in [-0.15, -0.1) is 0 Å². The number of aryl methyl sites for hydroxylation is 1. The monoisotopic (exact) mass is 702 g/mol. The van der Waals surface area contributed by atoms with E-state index in [1.165, 1.54) is 0 Å². The van der Waals surface area contributed by atoms with Gasteiger partial charge in [-0.1, -0.05) is 18.2 Å². The van der Waals surface area contributed by atoms with Gasteiger partial charge in [-0.3, -0.25) is 20.0 Å². The third-order valence-corrected chi connectivity index (χ3v) is 7.68. The number of alkyl halides is 3. The van der Waals surface area contributed by atoms with Crippen LogP contribution in [0.1, 0.15) is 61.1 Å². The molecule has 1 saturated heterocycles. The molecule has 1 fully saturated rings. The summed E-state index contributed by atoms with van der Waals surface area (Å²) >= 11 is 5.13. The molecule has 0 spiro atoms. The van der Waals surface area contributed by atoms with Crippen LogP contribution in [0.4, 0.5) is 18.0 Å². The van der Waals surface area contributed by atoms with Crippen LogP contribution in [-0.2, 0) is 22.6 Å². The number of nitrogens with one attached hydrogen (secondary N) is 3. The summed E-state index contributed by atoms with van der Waals surface area (Å²) < 4.78 is 43.7. The number of carbonyl (C=O) groups excluding carboxylic acids is 2. The van der Waals surface area contributed by atoms with Crippen molar-refractivity contribution in [3.63, 3.8) is 0 Å². The lowest BCUT2D eigenvalue weighted by Crippen LogP contribution is -2.57. The molecule has 0 atom stereocenters. The Morgan fingerprint density at radius 3 is 2.22 bits per heavy atom. The van der Waals surface area contributed by atoms with Crippen LogP contribution >= 0.6 is 12.2 Å². The molecular weight excluding hydrogens is 665 g/mol. The van der Waals surface area contributed by atoms with Crippen LogP contribution in [0.2, 0.25) is 0 Å². The Labute approximate surface area is 285 Å². The van der Waals surface area contributed by atoms with Gasteiger partial charge in [0.2, 0.25) is 4.77 Å². The molecule has 262 valence electrons. The second kappa shape index (κ2) is 15.1. The molecule has 0 unspecified atom stereocenters. The van der Waals surface area contributed by atoms with Gasteiger partial charge in [0.15, 0.2) is 0 Å². The number of aromatic nitrogens is 4. The highest BCUT2D eigenvalue weighted by molar-refractivity contribution is 7.71. The third-order valence-electron chi connectivity index (χ3n) is 7.49. The second-order valence-electron chi connectivity index (χ2n) is 12.5. The molecule has 2 amide bonds. The number of halogens is 3. The van der Waals surface area contributed by atoms with Gasteiger partial charge in [0, 0.05) is 41.7 Å². The first-order valence-electron chi connectivity index (χ1n) is 15.3. The van der Waals surface area contributed by atoms with Crippen molar-refractivity contribution in [3.05, 3.63) is 82.0 Å². The Morgan fingerprint density at radius 1 is 1.02 bits per heavy atom. The standard InChI is InChI=1S/C31H36N6O4S.C2HF3O2/c1-20-17-22(24-7-5-6-8-25(24)32-20)19-40-23-11-9-21(10-12-23)27(38)34-31(18-26-33-28(42)36-35-26)13-15-37(16-14-31)29(39)41-30(2,3)4;3-2(4,5)1(6)7/h5-12,17H,13-16,18-19H2,1-4H3,(H,34,38)(H2,33,35,36,42);(H,6,7). The molecular formula is C33H37F3N6O6S. The van der Waals surface area contributed by atoms with Crippen molar-refractivity contribution in [2.45, 2.75) is 70.9 Å². The number of benzene rings is 2. The topological polar surface area (TPSA) is 163 Å². The molecule has 0 bridgehead atoms. The number of pyridine rings is 1. The fourth-order valence-corrected chi connectivity index (χ4v) is 5.35. The highest BCUT2D eigenvalue weighted by atomic mass is 32.1. The second-order valence-corrected chi connectivity index (χ2v) is 12.9. The molecule has 4 N–H and O–H groups in total. The molecule has 4 aromatic rings. The number of rotatable bonds is 7. The van der Waals surface area contributed by atoms with Crippen molar-refractivity contribution in [3.8, 4) is 5.75 Å². The molecule has 49 heavy (non-hydrogen) atoms. The number of aromatic amines is 2. The van der Waals surface area contributed by atoms with Gasteiger partial charge in [0.1, 0.15) is 23.8 Å². The van der Waals surface area contributed by atoms with Crippen LogP contribution in [0.25, 0.3) is 10.9 Å². The predicted octanol–water partition coefficient (Wildman–Crippen LogP) is 6.28. The summed E-state index contributed by atoms with van der Waals surface area (Å²) in [5.74, 6) is -1.66. The summed E-state index contributed by atoms with van der Waals surface area (Å²) in [5.41, 5.74) is 2.23. The smallest absolute Gasteiger partial charge is 0.489 e. The summed E-state index contributed by atoms with van der Waals surface area (Å²) in [6.45, 7) is 8.77. The SMILES string of the molecule is Cc1cc(COc2ccc(C(=O)NC3(Cc4nc(=S)[nH][nH]4)CCN(C(=O)OC(C)(C)C)CC3)cc2)c2ccccc2n1.O=C(O)C(F)(F)F. The molecule has 2 aromatic heterocycles. The fourth-order valence-electron chi connectivity index (χ4n) is 5.19. The minimum Gasteiger partial charge on any atom is -0.489 e. The van der Waals surface area contributed by atoms with Gasteiger partial charge in [-0.05, 0) is 89.2 Å². The molecule has 0 aliphatic carbocycles. The Kier molecular flexibility index (Phi) is 11.3. The number of ether oxygens (including phenoxy) is 2. The number of hydrogen-bond acceptors (Lipinski definition) is 8. The number of piperidine rings is 1. The van der Waals surface area contributed by atoms with E-state index in [0.29, 0.717) is 60.9 Å². The molecule has 5 rings (SSSR count). The zero-order chi connectivity index (χ0) is 36.0. The Morgan fingerprint density at radius 2 is 1.65 bits per heavy atom. The lowest BCUT2D eigenvalue weighted by molar-refractivity contribution is -0.192. The van der Waals surface area contributed by atoms with Gasteiger partial charge in [-0.25, -0.2) is 14.6 Å². The molecule has 1 aliphatic rings. The van der Waals surface area contributed by atoms with Crippen LogP contribution in [-0.4, -0.2) is 78.5 Å². The van der Waals surface area contributed by atoms with E-state index in [1.807, 2.05) is 58.0 Å². The van der Waals surface area contributed by atoms with Crippen molar-refractivity contribution in [2.75, 3.05) is 13.1 Å². The lowest BCUT2D eigenvalue weighted by Gasteiger charge is -2.42. The molecule has 3 heterocycles. The molecule has 0 radical (unpaired) electrons. The maximum absolute atomic E-state index is 13.5. The molecule has 1 aliphatic heterocycles.